The monoisotopic (exact) mass is 353 g/mol. The molecular weight excluding hydrogens is 326 g/mol. The zero-order valence-corrected chi connectivity index (χ0v) is 15.2. The van der Waals surface area contributed by atoms with E-state index in [4.69, 9.17) is 0 Å². The Bertz CT molecular complexity index is 785. The van der Waals surface area contributed by atoms with Gasteiger partial charge in [-0.05, 0) is 18.1 Å². The number of pyridine rings is 1. The summed E-state index contributed by atoms with van der Waals surface area (Å²) in [5.41, 5.74) is 4.16. The summed E-state index contributed by atoms with van der Waals surface area (Å²) in [7, 11) is 0. The van der Waals surface area contributed by atoms with Gasteiger partial charge in [0.25, 0.3) is 0 Å². The number of fused-ring (bicyclic) bond motifs is 1. The molecule has 136 valence electrons. The van der Waals surface area contributed by atoms with Crippen LogP contribution in [0.5, 0.6) is 0 Å². The minimum absolute atomic E-state index is 0.0692. The lowest BCUT2D eigenvalue weighted by molar-refractivity contribution is -0.914. The zero-order valence-electron chi connectivity index (χ0n) is 15.2. The Balaban J connectivity index is 1.94. The van der Waals surface area contributed by atoms with E-state index in [0.717, 1.165) is 48.8 Å². The highest BCUT2D eigenvalue weighted by atomic mass is 16.3. The van der Waals surface area contributed by atoms with Crippen molar-refractivity contribution in [2.24, 2.45) is 0 Å². The number of aromatic nitrogens is 1. The molecule has 1 aliphatic rings. The molecule has 1 aromatic heterocycles. The highest BCUT2D eigenvalue weighted by molar-refractivity contribution is 5.60. The molecule has 0 radical (unpaired) electrons. The molecule has 0 spiro atoms. The Morgan fingerprint density at radius 2 is 2.00 bits per heavy atom. The van der Waals surface area contributed by atoms with Gasteiger partial charge in [0.2, 0.25) is 11.6 Å². The SMILES string of the molecule is CC[NH+]1CCc2c(C#N)c(NCc3ccccc3)[nH+]c(NCCO)c2C1. The van der Waals surface area contributed by atoms with E-state index in [9.17, 15) is 10.4 Å². The fraction of sp³-hybridized carbons (Fsp3) is 0.400. The molecule has 2 heterocycles. The Morgan fingerprint density at radius 1 is 1.19 bits per heavy atom. The normalized spacial score (nSPS) is 15.8. The number of anilines is 2. The summed E-state index contributed by atoms with van der Waals surface area (Å²) in [6.45, 7) is 6.38. The number of rotatable bonds is 7. The van der Waals surface area contributed by atoms with E-state index < -0.39 is 0 Å². The number of nitrogens with one attached hydrogen (secondary N) is 4. The van der Waals surface area contributed by atoms with E-state index >= 15 is 0 Å². The van der Waals surface area contributed by atoms with Crippen LogP contribution in [0.15, 0.2) is 30.3 Å². The number of nitrogens with zero attached hydrogens (tertiary/aromatic N) is 1. The molecule has 2 aromatic rings. The molecule has 0 bridgehead atoms. The molecule has 0 amide bonds. The lowest BCUT2D eigenvalue weighted by Gasteiger charge is -2.26. The maximum absolute atomic E-state index is 9.78. The number of aliphatic hydroxyl groups is 1. The number of aromatic amines is 1. The van der Waals surface area contributed by atoms with Crippen LogP contribution < -0.4 is 20.5 Å². The number of nitriles is 1. The van der Waals surface area contributed by atoms with Gasteiger partial charge in [0.05, 0.1) is 38.3 Å². The second kappa shape index (κ2) is 8.65. The molecule has 26 heavy (non-hydrogen) atoms. The van der Waals surface area contributed by atoms with Crippen molar-refractivity contribution in [3.8, 4) is 6.07 Å². The molecule has 1 aromatic carbocycles. The van der Waals surface area contributed by atoms with Crippen molar-refractivity contribution in [3.63, 3.8) is 0 Å². The van der Waals surface area contributed by atoms with Crippen molar-refractivity contribution in [1.82, 2.24) is 0 Å². The standard InChI is InChI=1S/C20H25N5O/c1-2-25-10-8-16-17(12-21)19(23-13-15-6-4-3-5-7-15)24-20(18(16)14-25)22-9-11-26/h3-7,26H,2,8-11,13-14H2,1H3,(H2,22,23,24)/p+2. The fourth-order valence-corrected chi connectivity index (χ4v) is 3.50. The van der Waals surface area contributed by atoms with Gasteiger partial charge in [0.1, 0.15) is 18.2 Å². The van der Waals surface area contributed by atoms with Gasteiger partial charge in [0.15, 0.2) is 0 Å². The minimum atomic E-state index is 0.0692. The number of benzene rings is 1. The average Bonchev–Trinajstić information content (AvgIpc) is 2.70. The number of H-pyrrole nitrogens is 1. The molecule has 0 saturated carbocycles. The van der Waals surface area contributed by atoms with Crippen LogP contribution in [-0.4, -0.2) is 31.3 Å². The van der Waals surface area contributed by atoms with Crippen LogP contribution in [0.4, 0.5) is 11.6 Å². The molecule has 1 aliphatic heterocycles. The van der Waals surface area contributed by atoms with E-state index in [1.807, 2.05) is 18.2 Å². The molecule has 0 saturated heterocycles. The van der Waals surface area contributed by atoms with Crippen LogP contribution in [0.3, 0.4) is 0 Å². The van der Waals surface area contributed by atoms with Crippen LogP contribution in [0, 0.1) is 11.3 Å². The zero-order chi connectivity index (χ0) is 18.4. The molecule has 5 N–H and O–H groups in total. The molecule has 3 rings (SSSR count). The molecule has 6 nitrogen and oxygen atoms in total. The summed E-state index contributed by atoms with van der Waals surface area (Å²) in [5, 5.41) is 25.7. The topological polar surface area (TPSA) is 86.7 Å². The van der Waals surface area contributed by atoms with Gasteiger partial charge in [-0.3, -0.25) is 0 Å². The molecule has 0 aliphatic carbocycles. The average molecular weight is 353 g/mol. The summed E-state index contributed by atoms with van der Waals surface area (Å²) in [6, 6.07) is 12.5. The van der Waals surface area contributed by atoms with Crippen LogP contribution in [0.2, 0.25) is 0 Å². The molecule has 1 atom stereocenters. The van der Waals surface area contributed by atoms with Crippen molar-refractivity contribution >= 4 is 11.6 Å². The first-order valence-electron chi connectivity index (χ1n) is 9.24. The molecule has 0 fully saturated rings. The van der Waals surface area contributed by atoms with Crippen molar-refractivity contribution in [1.29, 1.82) is 5.26 Å². The van der Waals surface area contributed by atoms with Crippen molar-refractivity contribution in [2.45, 2.75) is 26.4 Å². The Morgan fingerprint density at radius 3 is 2.69 bits per heavy atom. The van der Waals surface area contributed by atoms with E-state index in [-0.39, 0.29) is 6.61 Å². The van der Waals surface area contributed by atoms with E-state index in [2.05, 4.69) is 40.7 Å². The van der Waals surface area contributed by atoms with E-state index in [1.165, 1.54) is 10.5 Å². The predicted molar refractivity (Wildman–Crippen MR) is 101 cm³/mol. The largest absolute Gasteiger partial charge is 0.393 e. The number of quaternary nitrogens is 1. The minimum Gasteiger partial charge on any atom is -0.393 e. The second-order valence-electron chi connectivity index (χ2n) is 6.59. The highest BCUT2D eigenvalue weighted by Crippen LogP contribution is 2.25. The number of hydrogen-bond acceptors (Lipinski definition) is 4. The summed E-state index contributed by atoms with van der Waals surface area (Å²) in [5.74, 6) is 1.66. The summed E-state index contributed by atoms with van der Waals surface area (Å²) >= 11 is 0. The van der Waals surface area contributed by atoms with Gasteiger partial charge in [0, 0.05) is 6.42 Å². The van der Waals surface area contributed by atoms with Crippen molar-refractivity contribution in [3.05, 3.63) is 52.6 Å². The third-order valence-electron chi connectivity index (χ3n) is 4.96. The first-order valence-corrected chi connectivity index (χ1v) is 9.24. The van der Waals surface area contributed by atoms with Crippen LogP contribution in [0.1, 0.15) is 29.2 Å². The molecule has 6 heteroatoms. The maximum atomic E-state index is 9.78. The van der Waals surface area contributed by atoms with Gasteiger partial charge in [-0.25, -0.2) is 4.98 Å². The summed E-state index contributed by atoms with van der Waals surface area (Å²) < 4.78 is 0. The summed E-state index contributed by atoms with van der Waals surface area (Å²) in [6.07, 6.45) is 0.893. The number of likely N-dealkylation sites (N-methyl/N-ethyl adjacent to an activating group) is 1. The Kier molecular flexibility index (Phi) is 6.05. The van der Waals surface area contributed by atoms with E-state index in [1.54, 1.807) is 0 Å². The fourth-order valence-electron chi connectivity index (χ4n) is 3.50. The van der Waals surface area contributed by atoms with Gasteiger partial charge >= 0.3 is 0 Å². The maximum Gasteiger partial charge on any atom is 0.237 e. The number of hydrogen-bond donors (Lipinski definition) is 4. The van der Waals surface area contributed by atoms with Crippen molar-refractivity contribution < 1.29 is 15.0 Å². The first kappa shape index (κ1) is 18.2. The van der Waals surface area contributed by atoms with Crippen LogP contribution >= 0.6 is 0 Å². The van der Waals surface area contributed by atoms with Crippen molar-refractivity contribution in [2.75, 3.05) is 36.9 Å². The summed E-state index contributed by atoms with van der Waals surface area (Å²) in [4.78, 5) is 4.88. The highest BCUT2D eigenvalue weighted by Gasteiger charge is 2.29. The number of aliphatic hydroxyl groups excluding tert-OH is 1. The lowest BCUT2D eigenvalue weighted by Crippen LogP contribution is -3.11. The molecule has 1 unspecified atom stereocenters. The smallest absolute Gasteiger partial charge is 0.237 e. The second-order valence-corrected chi connectivity index (χ2v) is 6.59. The molecular formula is C20H27N5O+2. The van der Waals surface area contributed by atoms with Crippen LogP contribution in [-0.2, 0) is 19.5 Å². The van der Waals surface area contributed by atoms with Gasteiger partial charge in [-0.15, -0.1) is 0 Å². The third-order valence-corrected chi connectivity index (χ3v) is 4.96. The van der Waals surface area contributed by atoms with Gasteiger partial charge in [-0.1, -0.05) is 30.3 Å². The Hall–Kier alpha value is -2.62. The van der Waals surface area contributed by atoms with Gasteiger partial charge < -0.3 is 20.6 Å². The lowest BCUT2D eigenvalue weighted by atomic mass is 9.95. The predicted octanol–water partition coefficient (Wildman–Crippen LogP) is 0.350. The third kappa shape index (κ3) is 3.96. The van der Waals surface area contributed by atoms with Gasteiger partial charge in [-0.2, -0.15) is 5.26 Å². The van der Waals surface area contributed by atoms with Crippen LogP contribution in [0.25, 0.3) is 0 Å². The first-order chi connectivity index (χ1) is 12.8. The van der Waals surface area contributed by atoms with E-state index in [0.29, 0.717) is 18.7 Å². The quantitative estimate of drug-likeness (QED) is 0.579. The Labute approximate surface area is 154 Å².